The third-order valence-electron chi connectivity index (χ3n) is 11.2. The molecule has 2 N–H and O–H groups in total. The maximum atomic E-state index is 14.0. The zero-order valence-corrected chi connectivity index (χ0v) is 38.9. The van der Waals surface area contributed by atoms with Crippen LogP contribution < -0.4 is 10.6 Å². The van der Waals surface area contributed by atoms with Gasteiger partial charge in [0, 0.05) is 57.2 Å². The van der Waals surface area contributed by atoms with Crippen LogP contribution in [0.25, 0.3) is 21.5 Å². The Kier molecular flexibility index (Phi) is 16.8. The molecule has 5 aromatic carbocycles. The smallest absolute Gasteiger partial charge is 0.333 e. The highest BCUT2D eigenvalue weighted by atomic mass is 32.2. The van der Waals surface area contributed by atoms with Crippen molar-refractivity contribution in [2.75, 3.05) is 36.9 Å². The summed E-state index contributed by atoms with van der Waals surface area (Å²) in [7, 11) is -3.83. The number of rotatable bonds is 24. The minimum absolute atomic E-state index is 0.174. The lowest BCUT2D eigenvalue weighted by molar-refractivity contribution is -0.139. The number of sulfonamides is 1. The van der Waals surface area contributed by atoms with E-state index in [2.05, 4.69) is 66.1 Å². The maximum absolute atomic E-state index is 14.0. The molecule has 1 atom stereocenters. The molecular formula is C51H61N7O6S. The molecule has 0 saturated heterocycles. The second-order valence-electron chi connectivity index (χ2n) is 16.8. The number of carbonyl (C=O) groups is 2. The number of benzene rings is 5. The number of nitrogens with zero attached hydrogens (tertiary/aromatic N) is 5. The van der Waals surface area contributed by atoms with Crippen LogP contribution in [0.3, 0.4) is 0 Å². The number of carbonyl (C=O) groups excluding carboxylic acids is 2. The number of hydrogen-bond donors (Lipinski definition) is 2. The summed E-state index contributed by atoms with van der Waals surface area (Å²) < 4.78 is 40.0. The zero-order valence-electron chi connectivity index (χ0n) is 38.1. The second kappa shape index (κ2) is 22.6. The normalized spacial score (nSPS) is 14.8. The van der Waals surface area contributed by atoms with Crippen molar-refractivity contribution >= 4 is 77.6 Å². The van der Waals surface area contributed by atoms with Crippen LogP contribution in [0.4, 0.5) is 34.1 Å². The van der Waals surface area contributed by atoms with E-state index in [0.29, 0.717) is 80.2 Å². The van der Waals surface area contributed by atoms with Gasteiger partial charge in [0.25, 0.3) is 0 Å². The van der Waals surface area contributed by atoms with Crippen LogP contribution in [-0.2, 0) is 29.1 Å². The van der Waals surface area contributed by atoms with E-state index in [9.17, 15) is 18.0 Å². The van der Waals surface area contributed by atoms with Crippen molar-refractivity contribution in [3.8, 4) is 0 Å². The van der Waals surface area contributed by atoms with Gasteiger partial charge in [0.2, 0.25) is 10.0 Å². The average Bonchev–Trinajstić information content (AvgIpc) is 3.29. The summed E-state index contributed by atoms with van der Waals surface area (Å²) in [5.74, 6) is -0.811. The number of fused-ring (bicyclic) bond motifs is 1. The molecule has 342 valence electrons. The highest BCUT2D eigenvalue weighted by Crippen LogP contribution is 2.43. The van der Waals surface area contributed by atoms with Gasteiger partial charge in [-0.1, -0.05) is 88.6 Å². The Labute approximate surface area is 383 Å². The third kappa shape index (κ3) is 12.7. The summed E-state index contributed by atoms with van der Waals surface area (Å²) in [5.41, 5.74) is 5.24. The van der Waals surface area contributed by atoms with Crippen LogP contribution in [0, 0.1) is 0 Å². The lowest BCUT2D eigenvalue weighted by Crippen LogP contribution is -2.45. The molecule has 1 aliphatic heterocycles. The summed E-state index contributed by atoms with van der Waals surface area (Å²) in [6, 6.07) is 28.4. The highest BCUT2D eigenvalue weighted by Gasteiger charge is 2.29. The molecule has 14 heteroatoms. The molecule has 0 saturated carbocycles. The average molecular weight is 900 g/mol. The van der Waals surface area contributed by atoms with Gasteiger partial charge in [-0.3, -0.25) is 0 Å². The van der Waals surface area contributed by atoms with Crippen molar-refractivity contribution in [3.05, 3.63) is 115 Å². The fourth-order valence-corrected chi connectivity index (χ4v) is 9.37. The van der Waals surface area contributed by atoms with E-state index in [1.54, 1.807) is 42.4 Å². The van der Waals surface area contributed by atoms with Gasteiger partial charge >= 0.3 is 11.9 Å². The van der Waals surface area contributed by atoms with Crippen LogP contribution in [0.5, 0.6) is 0 Å². The lowest BCUT2D eigenvalue weighted by atomic mass is 9.97. The van der Waals surface area contributed by atoms with E-state index in [1.807, 2.05) is 48.5 Å². The molecule has 0 amide bonds. The van der Waals surface area contributed by atoms with Crippen molar-refractivity contribution in [1.29, 1.82) is 0 Å². The summed E-state index contributed by atoms with van der Waals surface area (Å²) in [4.78, 5) is 23.5. The van der Waals surface area contributed by atoms with E-state index >= 15 is 0 Å². The topological polar surface area (TPSA) is 163 Å². The van der Waals surface area contributed by atoms with Gasteiger partial charge in [-0.05, 0) is 107 Å². The first-order valence-electron chi connectivity index (χ1n) is 22.5. The van der Waals surface area contributed by atoms with E-state index < -0.39 is 22.0 Å². The highest BCUT2D eigenvalue weighted by molar-refractivity contribution is 7.89. The van der Waals surface area contributed by atoms with E-state index in [-0.39, 0.29) is 10.6 Å². The van der Waals surface area contributed by atoms with Crippen molar-refractivity contribution in [2.24, 2.45) is 20.5 Å². The fourth-order valence-electron chi connectivity index (χ4n) is 7.85. The van der Waals surface area contributed by atoms with Crippen LogP contribution in [0.15, 0.2) is 141 Å². The van der Waals surface area contributed by atoms with Crippen LogP contribution in [-0.4, -0.2) is 56.6 Å². The van der Waals surface area contributed by atoms with Crippen LogP contribution in [0.1, 0.15) is 91.9 Å². The minimum Gasteiger partial charge on any atom is -0.462 e. The van der Waals surface area contributed by atoms with E-state index in [0.717, 1.165) is 77.1 Å². The molecule has 5 aromatic rings. The number of ether oxygens (including phenoxy) is 2. The largest absolute Gasteiger partial charge is 0.462 e. The first-order valence-corrected chi connectivity index (χ1v) is 24.0. The Hall–Kier alpha value is -6.25. The van der Waals surface area contributed by atoms with Crippen molar-refractivity contribution in [3.63, 3.8) is 0 Å². The Morgan fingerprint density at radius 3 is 1.63 bits per heavy atom. The van der Waals surface area contributed by atoms with Crippen LogP contribution in [0.2, 0.25) is 0 Å². The maximum Gasteiger partial charge on any atom is 0.333 e. The minimum atomic E-state index is -3.83. The summed E-state index contributed by atoms with van der Waals surface area (Å²) in [6.07, 6.45) is 7.87. The zero-order chi connectivity index (χ0) is 46.4. The molecule has 0 fully saturated rings. The molecule has 13 nitrogen and oxygen atoms in total. The quantitative estimate of drug-likeness (QED) is 0.0267. The van der Waals surface area contributed by atoms with Gasteiger partial charge < -0.3 is 20.1 Å². The molecule has 6 rings (SSSR count). The van der Waals surface area contributed by atoms with Crippen LogP contribution >= 0.6 is 0 Å². The predicted molar refractivity (Wildman–Crippen MR) is 260 cm³/mol. The number of hydrogen-bond acceptors (Lipinski definition) is 12. The Bertz CT molecular complexity index is 2630. The van der Waals surface area contributed by atoms with Gasteiger partial charge in [0.1, 0.15) is 5.66 Å². The first-order chi connectivity index (χ1) is 31.3. The molecular weight excluding hydrogens is 839 g/mol. The molecule has 0 aliphatic carbocycles. The molecule has 0 aromatic heterocycles. The molecule has 0 radical (unpaired) electrons. The van der Waals surface area contributed by atoms with E-state index in [1.165, 1.54) is 0 Å². The second-order valence-corrected chi connectivity index (χ2v) is 18.7. The van der Waals surface area contributed by atoms with Gasteiger partial charge in [0.15, 0.2) is 0 Å². The monoisotopic (exact) mass is 899 g/mol. The van der Waals surface area contributed by atoms with Crippen molar-refractivity contribution in [1.82, 2.24) is 4.31 Å². The summed E-state index contributed by atoms with van der Waals surface area (Å²) in [5, 5.41) is 29.7. The molecule has 1 heterocycles. The number of anilines is 2. The van der Waals surface area contributed by atoms with E-state index in [4.69, 9.17) is 19.7 Å². The number of nitrogens with one attached hydrogen (secondary N) is 2. The number of unbranched alkanes of at least 4 members (excludes halogenated alkanes) is 6. The number of esters is 2. The van der Waals surface area contributed by atoms with Gasteiger partial charge in [-0.25, -0.2) is 18.0 Å². The molecule has 0 spiro atoms. The SMILES string of the molecule is C=C(C)C(=O)OCCCCCCN(CCCCCCOC(=O)C(=C)C)S(=O)(=O)c1ccc(N=Nc2ccc(N=Nc3ccc4c5c(cccc35)NC(C)(CCC)N4)c3ccccc23)cc1. The van der Waals surface area contributed by atoms with Gasteiger partial charge in [-0.2, -0.15) is 9.42 Å². The first kappa shape index (κ1) is 48.2. The number of azo groups is 2. The van der Waals surface area contributed by atoms with Gasteiger partial charge in [-0.15, -0.1) is 15.3 Å². The molecule has 65 heavy (non-hydrogen) atoms. The standard InChI is InChI=1S/C51H61N7O6S/c1-7-31-51(6)52-46-22-18-21-42-45(29-30-47(53-51)48(42)46)57-56-44-28-27-43(40-19-12-13-20-41(40)44)55-54-38-23-25-39(26-24-38)65(61,62)58(32-14-8-10-16-34-63-49(59)36(2)3)33-15-9-11-17-35-64-50(60)37(4)5/h12-13,18-30,52-53H,2,4,7-11,14-17,31-35H2,1,3,5-6H3. The molecule has 0 bridgehead atoms. The molecule has 1 unspecified atom stereocenters. The van der Waals surface area contributed by atoms with Gasteiger partial charge in [0.05, 0.1) is 40.9 Å². The van der Waals surface area contributed by atoms with Crippen molar-refractivity contribution in [2.45, 2.75) is 102 Å². The Morgan fingerprint density at radius 1 is 0.615 bits per heavy atom. The third-order valence-corrected chi connectivity index (χ3v) is 13.2. The lowest BCUT2D eigenvalue weighted by Gasteiger charge is -2.39. The fraction of sp³-hybridized carbons (Fsp3) is 0.373. The summed E-state index contributed by atoms with van der Waals surface area (Å²) >= 11 is 0. The summed E-state index contributed by atoms with van der Waals surface area (Å²) in [6.45, 7) is 16.1. The predicted octanol–water partition coefficient (Wildman–Crippen LogP) is 13.5. The Balaban J connectivity index is 1.12. The Morgan fingerprint density at radius 2 is 1.09 bits per heavy atom. The van der Waals surface area contributed by atoms with Crippen molar-refractivity contribution < 1.29 is 27.5 Å². The molecule has 1 aliphatic rings.